The van der Waals surface area contributed by atoms with Crippen LogP contribution in [-0.2, 0) is 36.3 Å². The van der Waals surface area contributed by atoms with Crippen LogP contribution >= 0.6 is 7.82 Å². The van der Waals surface area contributed by atoms with Crippen LogP contribution in [0, 0.1) is 92.7 Å². The molecule has 2 amide bonds. The number of quaternary nitrogens is 1. The molecule has 0 aromatic carbocycles. The van der Waals surface area contributed by atoms with Gasteiger partial charge < -0.3 is 45.5 Å². The van der Waals surface area contributed by atoms with E-state index < -0.39 is 38.3 Å². The number of phosphoric acid groups is 1. The minimum atomic E-state index is -4.23. The van der Waals surface area contributed by atoms with Crippen LogP contribution in [0.15, 0.2) is 6.20 Å². The van der Waals surface area contributed by atoms with Crippen LogP contribution in [-0.4, -0.2) is 139 Å². The standard InChI is InChI=1S/C58H99N6O11P/c1-34(41-12-14-43-53-45(30-49(68)57(41,43)5)55(3)20-18-39(65)26-36(55)28-47(53)66)10-16-51(70)59-22-23-63-33-38(61-62-63)32-60-52(71)17-11-35(2)42-13-15-44-54-46(31-50(69)58(42,44)6)56(4)21-19-40(27-37(56)29-48(54)67)75-76(72,73)74-25-24-64(7,8)9/h33-37,39-50,53-54,65-69H,10-32H2,1-9H3,(H2-,59,60,70,71,72,73)/p+1/t34-,35-,36+,37+,39-,40-,41-,42-,43+,44+,45+,46+,47-,48-,49+,50+,53+,54+,55+,56+,57-,58-/m1/s1. The molecule has 0 spiro atoms. The zero-order valence-electron chi connectivity index (χ0n) is 47.7. The Morgan fingerprint density at radius 1 is 0.737 bits per heavy atom. The predicted molar refractivity (Wildman–Crippen MR) is 287 cm³/mol. The second-order valence-electron chi connectivity index (χ2n) is 28.6. The van der Waals surface area contributed by atoms with Gasteiger partial charge in [-0.1, -0.05) is 46.8 Å². The highest BCUT2D eigenvalue weighted by Gasteiger charge is 2.68. The summed E-state index contributed by atoms with van der Waals surface area (Å²) in [7, 11) is 1.76. The number of aliphatic hydroxyl groups is 5. The number of likely N-dealkylation sites (N-methyl/N-ethyl adjacent to an activating group) is 1. The number of amides is 2. The van der Waals surface area contributed by atoms with Crippen molar-refractivity contribution in [3.05, 3.63) is 11.9 Å². The van der Waals surface area contributed by atoms with Crippen molar-refractivity contribution < 1.29 is 58.1 Å². The Morgan fingerprint density at radius 3 is 1.82 bits per heavy atom. The lowest BCUT2D eigenvalue weighted by molar-refractivity contribution is -0.870. The Labute approximate surface area is 454 Å². The van der Waals surface area contributed by atoms with Gasteiger partial charge in [-0.05, 0) is 195 Å². The van der Waals surface area contributed by atoms with E-state index in [0.717, 1.165) is 64.2 Å². The molecule has 9 rings (SSSR count). The van der Waals surface area contributed by atoms with E-state index in [1.807, 2.05) is 21.1 Å². The zero-order valence-corrected chi connectivity index (χ0v) is 48.6. The minimum absolute atomic E-state index is 0.0144. The highest BCUT2D eigenvalue weighted by molar-refractivity contribution is 7.47. The molecule has 1 heterocycles. The largest absolute Gasteiger partial charge is 0.472 e. The van der Waals surface area contributed by atoms with E-state index >= 15 is 0 Å². The fourth-order valence-corrected chi connectivity index (χ4v) is 20.3. The summed E-state index contributed by atoms with van der Waals surface area (Å²) in [6.45, 7) is 15.4. The summed E-state index contributed by atoms with van der Waals surface area (Å²) in [5, 5.41) is 72.8. The van der Waals surface area contributed by atoms with Gasteiger partial charge >= 0.3 is 7.82 Å². The first-order chi connectivity index (χ1) is 35.7. The van der Waals surface area contributed by atoms with Crippen molar-refractivity contribution in [2.75, 3.05) is 40.8 Å². The fraction of sp³-hybridized carbons (Fsp3) is 0.931. The van der Waals surface area contributed by atoms with Gasteiger partial charge in [-0.2, -0.15) is 0 Å². The molecule has 8 fully saturated rings. The Balaban J connectivity index is 0.686. The van der Waals surface area contributed by atoms with Gasteiger partial charge in [-0.3, -0.25) is 23.3 Å². The van der Waals surface area contributed by atoms with Crippen LogP contribution in [0.3, 0.4) is 0 Å². The SMILES string of the molecule is C[C@H](CCC(=O)NCCn1cc(CNC(=O)CC[C@@H](C)[C@H]2CC[C@H]3[C@@H]4[C@H](O)C[C@@H]5C[C@H](OP(=O)(O)OCC[N+](C)(C)C)CC[C@]5(C)[C@H]4C[C@H](O)[C@]23C)nn1)[C@H]1CC[C@H]2[C@@H]3[C@H](O)C[C@@H]4C[C@H](O)CC[C@]4(C)[C@H]3C[C@H](O)[C@]12C. The van der Waals surface area contributed by atoms with Crippen molar-refractivity contribution in [3.63, 3.8) is 0 Å². The third kappa shape index (κ3) is 11.3. The number of rotatable bonds is 19. The highest BCUT2D eigenvalue weighted by atomic mass is 31.2. The first-order valence-corrected chi connectivity index (χ1v) is 31.5. The van der Waals surface area contributed by atoms with Gasteiger partial charge in [0.25, 0.3) is 0 Å². The first kappa shape index (κ1) is 58.6. The highest BCUT2D eigenvalue weighted by Crippen LogP contribution is 2.70. The van der Waals surface area contributed by atoms with Gasteiger partial charge in [0.15, 0.2) is 0 Å². The van der Waals surface area contributed by atoms with E-state index in [1.165, 1.54) is 0 Å². The van der Waals surface area contributed by atoms with E-state index in [9.17, 15) is 44.6 Å². The molecule has 0 saturated heterocycles. The second-order valence-corrected chi connectivity index (χ2v) is 30.0. The average Bonchev–Trinajstić information content (AvgIpc) is 4.19. The summed E-state index contributed by atoms with van der Waals surface area (Å²) in [5.41, 5.74) is -0.125. The summed E-state index contributed by atoms with van der Waals surface area (Å²) < 4.78 is 26.3. The number of fused-ring (bicyclic) bond motifs is 10. The molecule has 0 radical (unpaired) electrons. The van der Waals surface area contributed by atoms with Crippen LogP contribution in [0.2, 0.25) is 0 Å². The van der Waals surface area contributed by atoms with Gasteiger partial charge in [-0.15, -0.1) is 5.10 Å². The minimum Gasteiger partial charge on any atom is -0.393 e. The van der Waals surface area contributed by atoms with Crippen LogP contribution < -0.4 is 10.6 Å². The van der Waals surface area contributed by atoms with E-state index in [-0.39, 0.29) is 118 Å². The number of nitrogens with one attached hydrogen (secondary N) is 2. The molecule has 0 bridgehead atoms. The first-order valence-electron chi connectivity index (χ1n) is 30.0. The zero-order chi connectivity index (χ0) is 54.9. The monoisotopic (exact) mass is 1090 g/mol. The molecule has 1 unspecified atom stereocenters. The summed E-state index contributed by atoms with van der Waals surface area (Å²) in [4.78, 5) is 37.0. The van der Waals surface area contributed by atoms with Crippen LogP contribution in [0.4, 0.5) is 0 Å². The predicted octanol–water partition coefficient (Wildman–Crippen LogP) is 6.61. The van der Waals surface area contributed by atoms with Crippen molar-refractivity contribution >= 4 is 19.6 Å². The third-order valence-corrected chi connectivity index (χ3v) is 24.8. The maximum atomic E-state index is 13.3. The van der Waals surface area contributed by atoms with Crippen molar-refractivity contribution in [1.82, 2.24) is 25.6 Å². The van der Waals surface area contributed by atoms with E-state index in [4.69, 9.17) is 9.05 Å². The van der Waals surface area contributed by atoms with Gasteiger partial charge in [0.1, 0.15) is 18.8 Å². The number of carbonyl (C=O) groups is 2. The summed E-state index contributed by atoms with van der Waals surface area (Å²) >= 11 is 0. The molecule has 8 saturated carbocycles. The number of phosphoric ester groups is 1. The van der Waals surface area contributed by atoms with Crippen molar-refractivity contribution in [2.24, 2.45) is 92.7 Å². The molecule has 17 nitrogen and oxygen atoms in total. The molecule has 8 N–H and O–H groups in total. The maximum Gasteiger partial charge on any atom is 0.472 e. The quantitative estimate of drug-likeness (QED) is 0.0538. The molecular formula is C58H100N6O11P+. The van der Waals surface area contributed by atoms with Gasteiger partial charge in [0.2, 0.25) is 11.8 Å². The summed E-state index contributed by atoms with van der Waals surface area (Å²) in [6.07, 6.45) is 12.4. The number of hydrogen-bond acceptors (Lipinski definition) is 12. The number of carbonyl (C=O) groups excluding carboxylic acids is 2. The lowest BCUT2D eigenvalue weighted by atomic mass is 9.43. The number of hydrogen-bond donors (Lipinski definition) is 8. The Morgan fingerprint density at radius 2 is 1.26 bits per heavy atom. The number of nitrogens with zero attached hydrogens (tertiary/aromatic N) is 4. The van der Waals surface area contributed by atoms with Gasteiger partial charge in [0.05, 0.1) is 77.1 Å². The smallest absolute Gasteiger partial charge is 0.393 e. The van der Waals surface area contributed by atoms with Crippen LogP contribution in [0.5, 0.6) is 0 Å². The molecule has 8 aliphatic rings. The summed E-state index contributed by atoms with van der Waals surface area (Å²) in [6, 6.07) is 0. The molecular weight excluding hydrogens is 988 g/mol. The van der Waals surface area contributed by atoms with E-state index in [1.54, 1.807) is 10.9 Å². The molecule has 1 aromatic heterocycles. The lowest BCUT2D eigenvalue weighted by Gasteiger charge is -2.63. The van der Waals surface area contributed by atoms with Crippen molar-refractivity contribution in [1.29, 1.82) is 0 Å². The number of aliphatic hydroxyl groups excluding tert-OH is 5. The van der Waals surface area contributed by atoms with Crippen molar-refractivity contribution in [2.45, 2.75) is 207 Å². The third-order valence-electron chi connectivity index (χ3n) is 23.7. The van der Waals surface area contributed by atoms with Crippen LogP contribution in [0.1, 0.15) is 163 Å². The fourth-order valence-electron chi connectivity index (χ4n) is 19.3. The van der Waals surface area contributed by atoms with E-state index in [0.29, 0.717) is 87.1 Å². The summed E-state index contributed by atoms with van der Waals surface area (Å²) in [5.74, 6) is 2.29. The van der Waals surface area contributed by atoms with Crippen LogP contribution in [0.25, 0.3) is 0 Å². The molecule has 1 aromatic rings. The van der Waals surface area contributed by atoms with Crippen molar-refractivity contribution in [3.8, 4) is 0 Å². The molecule has 18 heteroatoms. The second kappa shape index (κ2) is 22.4. The van der Waals surface area contributed by atoms with Gasteiger partial charge in [0, 0.05) is 19.4 Å². The molecule has 76 heavy (non-hydrogen) atoms. The Hall–Kier alpha value is -2.05. The Kier molecular flexibility index (Phi) is 17.2. The van der Waals surface area contributed by atoms with Gasteiger partial charge in [-0.25, -0.2) is 4.57 Å². The topological polar surface area (TPSA) is 246 Å². The molecule has 23 atom stereocenters. The molecule has 0 aliphatic heterocycles. The maximum absolute atomic E-state index is 13.3. The average molecular weight is 1090 g/mol. The lowest BCUT2D eigenvalue weighted by Crippen LogP contribution is -2.62. The normalized spacial score (nSPS) is 44.5. The molecule has 8 aliphatic carbocycles. The molecule has 432 valence electrons. The Bertz CT molecular complexity index is 2250. The number of aromatic nitrogens is 3. The van der Waals surface area contributed by atoms with E-state index in [2.05, 4.69) is 62.5 Å².